The van der Waals surface area contributed by atoms with E-state index in [0.717, 1.165) is 17.7 Å². The Hall–Kier alpha value is -4.30. The molecule has 7 nitrogen and oxygen atoms in total. The average molecular weight is 577 g/mol. The van der Waals surface area contributed by atoms with Crippen molar-refractivity contribution in [2.75, 3.05) is 31.5 Å². The maximum Gasteiger partial charge on any atom is 0.253 e. The summed E-state index contributed by atoms with van der Waals surface area (Å²) in [4.78, 5) is 46.8. The lowest BCUT2D eigenvalue weighted by molar-refractivity contribution is -0.130. The van der Waals surface area contributed by atoms with Crippen molar-refractivity contribution in [3.63, 3.8) is 0 Å². The van der Waals surface area contributed by atoms with Crippen LogP contribution in [-0.4, -0.2) is 58.7 Å². The monoisotopic (exact) mass is 576 g/mol. The summed E-state index contributed by atoms with van der Waals surface area (Å²) in [5.41, 5.74) is 6.83. The molecule has 0 spiro atoms. The molecule has 1 aromatic heterocycles. The molecule has 3 aromatic carbocycles. The van der Waals surface area contributed by atoms with E-state index in [1.54, 1.807) is 16.7 Å². The molecule has 8 rings (SSSR count). The molecule has 2 bridgehead atoms. The number of fused-ring (bicyclic) bond motifs is 1. The van der Waals surface area contributed by atoms with Gasteiger partial charge in [-0.05, 0) is 47.7 Å². The molecule has 1 aliphatic heterocycles. The van der Waals surface area contributed by atoms with Gasteiger partial charge in [0.25, 0.3) is 5.91 Å². The van der Waals surface area contributed by atoms with Gasteiger partial charge in [0.05, 0.1) is 11.1 Å². The van der Waals surface area contributed by atoms with Crippen LogP contribution in [0.15, 0.2) is 78.2 Å². The number of hydrogen-bond donors (Lipinski definition) is 1. The molecular weight excluding hydrogens is 544 g/mol. The Kier molecular flexibility index (Phi) is 6.46. The van der Waals surface area contributed by atoms with Crippen LogP contribution in [0.2, 0.25) is 0 Å². The quantitative estimate of drug-likeness (QED) is 0.336. The number of hydrogen-bond acceptors (Lipinski definition) is 5. The van der Waals surface area contributed by atoms with E-state index in [9.17, 15) is 14.4 Å². The molecule has 0 radical (unpaired) electrons. The molecular formula is C34H32N4O3S. The Balaban J connectivity index is 1.07. The van der Waals surface area contributed by atoms with Gasteiger partial charge in [-0.15, -0.1) is 11.3 Å². The van der Waals surface area contributed by atoms with Crippen molar-refractivity contribution in [2.24, 2.45) is 5.41 Å². The number of carbonyl (C=O) groups is 3. The number of amides is 3. The first-order valence-electron chi connectivity index (χ1n) is 14.4. The number of carbonyl (C=O) groups excluding carboxylic acids is 3. The number of nitrogens with one attached hydrogen (secondary N) is 1. The molecule has 1 fully saturated rings. The summed E-state index contributed by atoms with van der Waals surface area (Å²) >= 11 is 1.41. The van der Waals surface area contributed by atoms with Crippen molar-refractivity contribution >= 4 is 34.2 Å². The second-order valence-corrected chi connectivity index (χ2v) is 12.6. The van der Waals surface area contributed by atoms with Crippen molar-refractivity contribution in [1.29, 1.82) is 0 Å². The zero-order valence-corrected chi connectivity index (χ0v) is 24.5. The van der Waals surface area contributed by atoms with Gasteiger partial charge in [0.15, 0.2) is 5.13 Å². The maximum atomic E-state index is 14.0. The number of anilines is 1. The van der Waals surface area contributed by atoms with Gasteiger partial charge in [0.1, 0.15) is 0 Å². The van der Waals surface area contributed by atoms with Gasteiger partial charge in [-0.2, -0.15) is 0 Å². The highest BCUT2D eigenvalue weighted by molar-refractivity contribution is 7.14. The number of benzene rings is 3. The zero-order valence-electron chi connectivity index (χ0n) is 23.7. The van der Waals surface area contributed by atoms with Crippen LogP contribution in [-0.2, 0) is 9.59 Å². The summed E-state index contributed by atoms with van der Waals surface area (Å²) in [5.74, 6) is 0.192. The largest absolute Gasteiger partial charge is 0.339 e. The van der Waals surface area contributed by atoms with Crippen LogP contribution in [0.4, 0.5) is 5.13 Å². The summed E-state index contributed by atoms with van der Waals surface area (Å²) in [6.45, 7) is 5.84. The fourth-order valence-corrected chi connectivity index (χ4v) is 7.80. The van der Waals surface area contributed by atoms with Crippen LogP contribution in [0.5, 0.6) is 0 Å². The van der Waals surface area contributed by atoms with Gasteiger partial charge in [-0.3, -0.25) is 14.4 Å². The zero-order chi connectivity index (χ0) is 29.0. The predicted octanol–water partition coefficient (Wildman–Crippen LogP) is 5.74. The highest BCUT2D eigenvalue weighted by atomic mass is 32.1. The lowest BCUT2D eigenvalue weighted by Crippen LogP contribution is -2.50. The first-order valence-corrected chi connectivity index (χ1v) is 15.3. The summed E-state index contributed by atoms with van der Waals surface area (Å²) < 4.78 is 0. The topological polar surface area (TPSA) is 82.6 Å². The maximum absolute atomic E-state index is 14.0. The van der Waals surface area contributed by atoms with E-state index < -0.39 is 5.41 Å². The second kappa shape index (κ2) is 10.2. The molecule has 1 N–H and O–H groups in total. The standard InChI is InChI=1S/C34H32N4O3S/c1-21(39)37-15-17-38(18-16-37)31(40)23-13-11-22(12-14-23)29-20-42-33(35-29)36-32(41)34(2)19-28-24-7-3-5-9-26(24)30(34)27-10-6-4-8-25(27)28/h3-14,20,28,30H,15-19H2,1-2H3,(H,35,36,41). The van der Waals surface area contributed by atoms with Gasteiger partial charge in [-0.25, -0.2) is 4.98 Å². The number of rotatable bonds is 4. The van der Waals surface area contributed by atoms with Crippen LogP contribution in [0.3, 0.4) is 0 Å². The van der Waals surface area contributed by atoms with E-state index in [2.05, 4.69) is 60.8 Å². The molecule has 4 aliphatic rings. The minimum absolute atomic E-state index is 0.00628. The van der Waals surface area contributed by atoms with Gasteiger partial charge in [-0.1, -0.05) is 60.7 Å². The molecule has 2 heterocycles. The molecule has 4 aromatic rings. The Morgan fingerprint density at radius 1 is 0.833 bits per heavy atom. The molecule has 1 unspecified atom stereocenters. The predicted molar refractivity (Wildman–Crippen MR) is 164 cm³/mol. The van der Waals surface area contributed by atoms with Gasteiger partial charge >= 0.3 is 0 Å². The molecule has 3 aliphatic carbocycles. The molecule has 42 heavy (non-hydrogen) atoms. The van der Waals surface area contributed by atoms with Gasteiger partial charge in [0, 0.05) is 61.4 Å². The van der Waals surface area contributed by atoms with Crippen molar-refractivity contribution in [3.05, 3.63) is 106 Å². The summed E-state index contributed by atoms with van der Waals surface area (Å²) in [5, 5.41) is 5.66. The molecule has 1 atom stereocenters. The van der Waals surface area contributed by atoms with Gasteiger partial charge < -0.3 is 15.1 Å². The molecule has 3 amide bonds. The number of piperazine rings is 1. The summed E-state index contributed by atoms with van der Waals surface area (Å²) in [6, 6.07) is 24.5. The normalized spacial score (nSPS) is 22.3. The minimum Gasteiger partial charge on any atom is -0.339 e. The van der Waals surface area contributed by atoms with Crippen molar-refractivity contribution in [1.82, 2.24) is 14.8 Å². The van der Waals surface area contributed by atoms with E-state index in [4.69, 9.17) is 4.98 Å². The van der Waals surface area contributed by atoms with Crippen molar-refractivity contribution in [3.8, 4) is 11.3 Å². The smallest absolute Gasteiger partial charge is 0.253 e. The fourth-order valence-electron chi connectivity index (χ4n) is 7.08. The third-order valence-corrected chi connectivity index (χ3v) is 10.1. The lowest BCUT2D eigenvalue weighted by Gasteiger charge is -2.50. The Morgan fingerprint density at radius 3 is 2.00 bits per heavy atom. The molecule has 212 valence electrons. The van der Waals surface area contributed by atoms with Crippen LogP contribution >= 0.6 is 11.3 Å². The van der Waals surface area contributed by atoms with Crippen LogP contribution in [0.25, 0.3) is 11.3 Å². The molecule has 8 heteroatoms. The Bertz CT molecular complexity index is 1660. The molecule has 1 saturated heterocycles. The first kappa shape index (κ1) is 26.6. The van der Waals surface area contributed by atoms with E-state index >= 15 is 0 Å². The Labute approximate surface area is 249 Å². The number of aromatic nitrogens is 1. The van der Waals surface area contributed by atoms with Crippen LogP contribution in [0.1, 0.15) is 64.7 Å². The third kappa shape index (κ3) is 4.32. The summed E-state index contributed by atoms with van der Waals surface area (Å²) in [7, 11) is 0. The van der Waals surface area contributed by atoms with Crippen LogP contribution < -0.4 is 5.32 Å². The van der Waals surface area contributed by atoms with Crippen molar-refractivity contribution in [2.45, 2.75) is 32.1 Å². The number of thiazole rings is 1. The fraction of sp³-hybridized carbons (Fsp3) is 0.294. The second-order valence-electron chi connectivity index (χ2n) is 11.7. The highest BCUT2D eigenvalue weighted by Crippen LogP contribution is 2.61. The lowest BCUT2D eigenvalue weighted by atomic mass is 9.52. The van der Waals surface area contributed by atoms with Crippen molar-refractivity contribution < 1.29 is 14.4 Å². The average Bonchev–Trinajstić information content (AvgIpc) is 3.49. The molecule has 0 saturated carbocycles. The van der Waals surface area contributed by atoms with Crippen LogP contribution in [0, 0.1) is 5.41 Å². The highest BCUT2D eigenvalue weighted by Gasteiger charge is 2.54. The van der Waals surface area contributed by atoms with Gasteiger partial charge in [0.2, 0.25) is 11.8 Å². The van der Waals surface area contributed by atoms with E-state index in [1.807, 2.05) is 29.6 Å². The van der Waals surface area contributed by atoms with E-state index in [0.29, 0.717) is 36.9 Å². The SMILES string of the molecule is CC(=O)N1CCN(C(=O)c2ccc(-c3csc(NC(=O)C4(C)CC5c6ccccc6C4c4ccccc45)n3)cc2)CC1. The number of nitrogens with zero attached hydrogens (tertiary/aromatic N) is 3. The first-order chi connectivity index (χ1) is 20.3. The van der Waals surface area contributed by atoms with E-state index in [-0.39, 0.29) is 29.6 Å². The Morgan fingerprint density at radius 2 is 1.40 bits per heavy atom. The minimum atomic E-state index is -0.600. The third-order valence-electron chi connectivity index (χ3n) is 9.31. The summed E-state index contributed by atoms with van der Waals surface area (Å²) in [6.07, 6.45) is 0.759. The van der Waals surface area contributed by atoms with E-state index in [1.165, 1.54) is 33.6 Å².